The van der Waals surface area contributed by atoms with E-state index in [4.69, 9.17) is 0 Å². The highest BCUT2D eigenvalue weighted by Gasteiger charge is 2.28. The molecule has 4 nitrogen and oxygen atoms in total. The van der Waals surface area contributed by atoms with Crippen molar-refractivity contribution in [1.82, 2.24) is 15.5 Å². The number of hydrogen-bond acceptors (Lipinski definition) is 2. The summed E-state index contributed by atoms with van der Waals surface area (Å²) in [5, 5.41) is 7.01. The molecule has 1 fully saturated rings. The van der Waals surface area contributed by atoms with Gasteiger partial charge in [-0.2, -0.15) is 0 Å². The second-order valence-corrected chi connectivity index (χ2v) is 7.88. The van der Waals surface area contributed by atoms with Crippen LogP contribution in [0.15, 0.2) is 35.3 Å². The lowest BCUT2D eigenvalue weighted by molar-refractivity contribution is 0.234. The molecule has 0 aromatic heterocycles. The first-order valence-corrected chi connectivity index (χ1v) is 9.16. The average molecular weight is 331 g/mol. The largest absolute Gasteiger partial charge is 0.355 e. The van der Waals surface area contributed by atoms with Gasteiger partial charge in [-0.15, -0.1) is 0 Å². The summed E-state index contributed by atoms with van der Waals surface area (Å²) in [7, 11) is 1.88. The normalized spacial score (nSPS) is 22.5. The van der Waals surface area contributed by atoms with Gasteiger partial charge in [-0.1, -0.05) is 37.3 Å². The summed E-state index contributed by atoms with van der Waals surface area (Å²) in [6, 6.07) is 10.9. The van der Waals surface area contributed by atoms with Crippen LogP contribution in [0, 0.1) is 5.92 Å². The summed E-state index contributed by atoms with van der Waals surface area (Å²) in [6.07, 6.45) is 1.19. The van der Waals surface area contributed by atoms with Crippen LogP contribution >= 0.6 is 0 Å². The number of hydrogen-bond donors (Lipinski definition) is 2. The maximum Gasteiger partial charge on any atom is 0.193 e. The average Bonchev–Trinajstić information content (AvgIpc) is 2.55. The Kier molecular flexibility index (Phi) is 6.67. The Labute approximate surface area is 147 Å². The minimum absolute atomic E-state index is 0.160. The summed E-state index contributed by atoms with van der Waals surface area (Å²) < 4.78 is 0. The van der Waals surface area contributed by atoms with Gasteiger partial charge in [0.05, 0.1) is 0 Å². The van der Waals surface area contributed by atoms with Gasteiger partial charge in [-0.05, 0) is 44.6 Å². The topological polar surface area (TPSA) is 39.7 Å². The molecule has 1 saturated heterocycles. The molecule has 0 aliphatic carbocycles. The molecule has 1 aromatic carbocycles. The number of likely N-dealkylation sites (tertiary alicyclic amines) is 1. The standard InChI is InChI=1S/C20H34N4/c1-16-15-24(14-11-18(16)17-9-7-6-8-10-17)19(21-5)22-12-13-23-20(2,3)4/h6-10,16,18,23H,11-15H2,1-5H3,(H,21,22). The van der Waals surface area contributed by atoms with E-state index in [0.717, 1.165) is 32.1 Å². The second kappa shape index (κ2) is 8.52. The number of piperidine rings is 1. The summed E-state index contributed by atoms with van der Waals surface area (Å²) >= 11 is 0. The number of aliphatic imine (C=N–C) groups is 1. The van der Waals surface area contributed by atoms with Crippen molar-refractivity contribution < 1.29 is 0 Å². The summed E-state index contributed by atoms with van der Waals surface area (Å²) in [5.41, 5.74) is 1.63. The lowest BCUT2D eigenvalue weighted by Crippen LogP contribution is -2.50. The monoisotopic (exact) mass is 330 g/mol. The van der Waals surface area contributed by atoms with Gasteiger partial charge in [0, 0.05) is 38.8 Å². The lowest BCUT2D eigenvalue weighted by Gasteiger charge is -2.39. The van der Waals surface area contributed by atoms with Gasteiger partial charge < -0.3 is 15.5 Å². The van der Waals surface area contributed by atoms with Crippen molar-refractivity contribution in [3.8, 4) is 0 Å². The smallest absolute Gasteiger partial charge is 0.193 e. The fourth-order valence-electron chi connectivity index (χ4n) is 3.48. The van der Waals surface area contributed by atoms with E-state index in [1.54, 1.807) is 0 Å². The number of rotatable bonds is 4. The first-order valence-electron chi connectivity index (χ1n) is 9.16. The Bertz CT molecular complexity index is 518. The van der Waals surface area contributed by atoms with E-state index in [1.807, 2.05) is 7.05 Å². The van der Waals surface area contributed by atoms with E-state index < -0.39 is 0 Å². The molecule has 1 heterocycles. The second-order valence-electron chi connectivity index (χ2n) is 7.88. The Morgan fingerprint density at radius 3 is 2.50 bits per heavy atom. The number of nitrogens with zero attached hydrogens (tertiary/aromatic N) is 2. The molecule has 0 amide bonds. The Hall–Kier alpha value is -1.55. The predicted octanol–water partition coefficient (Wildman–Crippen LogP) is 3.08. The highest BCUT2D eigenvalue weighted by Crippen LogP contribution is 2.32. The minimum atomic E-state index is 0.160. The first kappa shape index (κ1) is 18.8. The molecular formula is C20H34N4. The van der Waals surface area contributed by atoms with Crippen molar-refractivity contribution in [2.45, 2.75) is 45.6 Å². The van der Waals surface area contributed by atoms with E-state index >= 15 is 0 Å². The van der Waals surface area contributed by atoms with Crippen LogP contribution in [0.5, 0.6) is 0 Å². The van der Waals surface area contributed by atoms with E-state index in [9.17, 15) is 0 Å². The van der Waals surface area contributed by atoms with E-state index in [0.29, 0.717) is 11.8 Å². The van der Waals surface area contributed by atoms with Crippen molar-refractivity contribution in [3.63, 3.8) is 0 Å². The van der Waals surface area contributed by atoms with Gasteiger partial charge in [-0.3, -0.25) is 4.99 Å². The van der Waals surface area contributed by atoms with Crippen molar-refractivity contribution in [1.29, 1.82) is 0 Å². The van der Waals surface area contributed by atoms with Crippen LogP contribution in [0.1, 0.15) is 45.6 Å². The SMILES string of the molecule is CN=C(NCCNC(C)(C)C)N1CCC(c2ccccc2)C(C)C1. The molecule has 2 atom stereocenters. The van der Waals surface area contributed by atoms with Gasteiger partial charge in [0.25, 0.3) is 0 Å². The van der Waals surface area contributed by atoms with E-state index in [2.05, 4.69) is 78.6 Å². The minimum Gasteiger partial charge on any atom is -0.355 e. The maximum absolute atomic E-state index is 4.48. The zero-order valence-corrected chi connectivity index (χ0v) is 16.0. The molecular weight excluding hydrogens is 296 g/mol. The van der Waals surface area contributed by atoms with Crippen molar-refractivity contribution >= 4 is 5.96 Å². The molecule has 4 heteroatoms. The Morgan fingerprint density at radius 2 is 1.92 bits per heavy atom. The molecule has 0 bridgehead atoms. The highest BCUT2D eigenvalue weighted by molar-refractivity contribution is 5.80. The molecule has 1 aliphatic heterocycles. The van der Waals surface area contributed by atoms with Crippen LogP contribution in [0.4, 0.5) is 0 Å². The maximum atomic E-state index is 4.48. The van der Waals surface area contributed by atoms with Crippen LogP contribution in [-0.2, 0) is 0 Å². The fourth-order valence-corrected chi connectivity index (χ4v) is 3.48. The van der Waals surface area contributed by atoms with E-state index in [-0.39, 0.29) is 5.54 Å². The zero-order valence-electron chi connectivity index (χ0n) is 16.0. The van der Waals surface area contributed by atoms with Crippen molar-refractivity contribution in [2.75, 3.05) is 33.2 Å². The van der Waals surface area contributed by atoms with Crippen LogP contribution < -0.4 is 10.6 Å². The third kappa shape index (κ3) is 5.52. The molecule has 2 unspecified atom stereocenters. The van der Waals surface area contributed by atoms with Crippen molar-refractivity contribution in [2.24, 2.45) is 10.9 Å². The molecule has 1 aliphatic rings. The molecule has 0 spiro atoms. The quantitative estimate of drug-likeness (QED) is 0.506. The van der Waals surface area contributed by atoms with Gasteiger partial charge in [-0.25, -0.2) is 0 Å². The van der Waals surface area contributed by atoms with Gasteiger partial charge in [0.1, 0.15) is 0 Å². The summed E-state index contributed by atoms with van der Waals surface area (Å²) in [6.45, 7) is 12.9. The number of benzene rings is 1. The van der Waals surface area contributed by atoms with Crippen LogP contribution in [0.3, 0.4) is 0 Å². The fraction of sp³-hybridized carbons (Fsp3) is 0.650. The molecule has 134 valence electrons. The van der Waals surface area contributed by atoms with Crippen LogP contribution in [0.25, 0.3) is 0 Å². The first-order chi connectivity index (χ1) is 11.4. The summed E-state index contributed by atoms with van der Waals surface area (Å²) in [5.74, 6) is 2.32. The van der Waals surface area contributed by atoms with Crippen LogP contribution in [0.2, 0.25) is 0 Å². The molecule has 24 heavy (non-hydrogen) atoms. The van der Waals surface area contributed by atoms with Crippen molar-refractivity contribution in [3.05, 3.63) is 35.9 Å². The number of nitrogens with one attached hydrogen (secondary N) is 2. The third-order valence-electron chi connectivity index (χ3n) is 4.71. The molecule has 2 N–H and O–H groups in total. The Morgan fingerprint density at radius 1 is 1.21 bits per heavy atom. The summed E-state index contributed by atoms with van der Waals surface area (Å²) in [4.78, 5) is 6.89. The van der Waals surface area contributed by atoms with E-state index in [1.165, 1.54) is 12.0 Å². The molecule has 2 rings (SSSR count). The predicted molar refractivity (Wildman–Crippen MR) is 104 cm³/mol. The zero-order chi connectivity index (χ0) is 17.6. The molecule has 1 aromatic rings. The van der Waals surface area contributed by atoms with Gasteiger partial charge in [0.15, 0.2) is 5.96 Å². The number of guanidine groups is 1. The van der Waals surface area contributed by atoms with Gasteiger partial charge >= 0.3 is 0 Å². The molecule has 0 radical (unpaired) electrons. The third-order valence-corrected chi connectivity index (χ3v) is 4.71. The lowest BCUT2D eigenvalue weighted by atomic mass is 9.82. The van der Waals surface area contributed by atoms with Crippen LogP contribution in [-0.4, -0.2) is 49.6 Å². The van der Waals surface area contributed by atoms with Gasteiger partial charge in [0.2, 0.25) is 0 Å². The Balaban J connectivity index is 1.84. The highest BCUT2D eigenvalue weighted by atomic mass is 15.3. The molecule has 0 saturated carbocycles.